The maximum absolute atomic E-state index is 13.3. The molecule has 1 heterocycles. The lowest BCUT2D eigenvalue weighted by Gasteiger charge is -2.10. The molecule has 0 saturated heterocycles. The number of aryl methyl sites for hydroxylation is 1. The Bertz CT molecular complexity index is 574. The molecular formula is C13H13BrFN3O. The molecule has 0 unspecified atom stereocenters. The molecule has 0 amide bonds. The van der Waals surface area contributed by atoms with E-state index < -0.39 is 5.82 Å². The second-order valence-corrected chi connectivity index (χ2v) is 4.75. The van der Waals surface area contributed by atoms with E-state index in [0.717, 1.165) is 16.2 Å². The molecule has 19 heavy (non-hydrogen) atoms. The van der Waals surface area contributed by atoms with Crippen molar-refractivity contribution < 1.29 is 9.50 Å². The molecule has 2 N–H and O–H groups in total. The molecule has 2 aromatic rings. The molecule has 0 aliphatic carbocycles. The zero-order valence-corrected chi connectivity index (χ0v) is 12.1. The summed E-state index contributed by atoms with van der Waals surface area (Å²) in [5, 5.41) is 12.4. The van der Waals surface area contributed by atoms with Gasteiger partial charge in [-0.25, -0.2) is 14.4 Å². The number of phenols is 1. The van der Waals surface area contributed by atoms with Gasteiger partial charge in [-0.3, -0.25) is 0 Å². The first-order valence-corrected chi connectivity index (χ1v) is 6.58. The van der Waals surface area contributed by atoms with Gasteiger partial charge in [-0.2, -0.15) is 0 Å². The Kier molecular flexibility index (Phi) is 3.99. The summed E-state index contributed by atoms with van der Waals surface area (Å²) in [7, 11) is 1.75. The minimum Gasteiger partial charge on any atom is -0.508 e. The maximum atomic E-state index is 13.3. The van der Waals surface area contributed by atoms with E-state index in [1.54, 1.807) is 7.05 Å². The van der Waals surface area contributed by atoms with Crippen LogP contribution >= 0.6 is 15.9 Å². The predicted octanol–water partition coefficient (Wildman–Crippen LogP) is 3.35. The smallest absolute Gasteiger partial charge is 0.162 e. The van der Waals surface area contributed by atoms with Crippen LogP contribution in [0, 0.1) is 5.82 Å². The molecule has 0 atom stereocenters. The van der Waals surface area contributed by atoms with Crippen LogP contribution in [0.3, 0.4) is 0 Å². The van der Waals surface area contributed by atoms with Gasteiger partial charge >= 0.3 is 0 Å². The third-order valence-corrected chi connectivity index (χ3v) is 3.47. The van der Waals surface area contributed by atoms with Gasteiger partial charge in [-0.05, 0) is 34.5 Å². The molecule has 4 nitrogen and oxygen atoms in total. The van der Waals surface area contributed by atoms with Gasteiger partial charge in [0.15, 0.2) is 5.82 Å². The van der Waals surface area contributed by atoms with Crippen molar-refractivity contribution in [2.75, 3.05) is 12.4 Å². The van der Waals surface area contributed by atoms with Crippen molar-refractivity contribution in [1.82, 2.24) is 9.97 Å². The number of anilines is 1. The third-order valence-electron chi connectivity index (χ3n) is 2.63. The highest BCUT2D eigenvalue weighted by Gasteiger charge is 2.12. The minimum atomic E-state index is -0.523. The van der Waals surface area contributed by atoms with E-state index in [9.17, 15) is 9.50 Å². The summed E-state index contributed by atoms with van der Waals surface area (Å²) in [5.74, 6) is 0.334. The molecule has 0 aliphatic heterocycles. The average molecular weight is 326 g/mol. The average Bonchev–Trinajstić information content (AvgIpc) is 2.37. The van der Waals surface area contributed by atoms with Gasteiger partial charge in [0.05, 0.1) is 10.2 Å². The fourth-order valence-electron chi connectivity index (χ4n) is 1.73. The van der Waals surface area contributed by atoms with E-state index in [2.05, 4.69) is 31.2 Å². The van der Waals surface area contributed by atoms with Crippen molar-refractivity contribution in [2.24, 2.45) is 0 Å². The molecule has 1 aromatic carbocycles. The highest BCUT2D eigenvalue weighted by Crippen LogP contribution is 2.29. The van der Waals surface area contributed by atoms with Gasteiger partial charge < -0.3 is 10.4 Å². The van der Waals surface area contributed by atoms with E-state index in [0.29, 0.717) is 23.6 Å². The second kappa shape index (κ2) is 5.52. The van der Waals surface area contributed by atoms with Crippen LogP contribution in [0.5, 0.6) is 5.75 Å². The Labute approximate surface area is 118 Å². The van der Waals surface area contributed by atoms with Gasteiger partial charge in [-0.15, -0.1) is 0 Å². The molecule has 0 aliphatic rings. The second-order valence-electron chi connectivity index (χ2n) is 3.96. The number of benzene rings is 1. The predicted molar refractivity (Wildman–Crippen MR) is 75.7 cm³/mol. The van der Waals surface area contributed by atoms with Crippen LogP contribution in [-0.4, -0.2) is 22.1 Å². The Hall–Kier alpha value is -1.69. The molecule has 0 radical (unpaired) electrons. The standard InChI is InChI=1S/C13H13BrFN3O/c1-3-10-11(14)13(16-2)18-12(17-10)7-4-8(15)6-9(19)5-7/h4-6,19H,3H2,1-2H3,(H,16,17,18). The zero-order valence-electron chi connectivity index (χ0n) is 10.5. The van der Waals surface area contributed by atoms with E-state index in [-0.39, 0.29) is 5.75 Å². The highest BCUT2D eigenvalue weighted by atomic mass is 79.9. The normalized spacial score (nSPS) is 10.5. The fourth-order valence-corrected chi connectivity index (χ4v) is 2.38. The fraction of sp³-hybridized carbons (Fsp3) is 0.231. The molecule has 0 fully saturated rings. The van der Waals surface area contributed by atoms with Crippen molar-refractivity contribution in [1.29, 1.82) is 0 Å². The molecule has 0 saturated carbocycles. The Morgan fingerprint density at radius 3 is 2.63 bits per heavy atom. The van der Waals surface area contributed by atoms with E-state index in [4.69, 9.17) is 0 Å². The van der Waals surface area contributed by atoms with Crippen molar-refractivity contribution in [2.45, 2.75) is 13.3 Å². The number of hydrogen-bond donors (Lipinski definition) is 2. The van der Waals surface area contributed by atoms with Crippen LogP contribution in [0.15, 0.2) is 22.7 Å². The van der Waals surface area contributed by atoms with Crippen LogP contribution in [0.25, 0.3) is 11.4 Å². The monoisotopic (exact) mass is 325 g/mol. The van der Waals surface area contributed by atoms with Crippen LogP contribution in [-0.2, 0) is 6.42 Å². The molecule has 1 aromatic heterocycles. The van der Waals surface area contributed by atoms with Gasteiger partial charge in [0, 0.05) is 18.7 Å². The Balaban J connectivity index is 2.61. The number of nitrogens with zero attached hydrogens (tertiary/aromatic N) is 2. The topological polar surface area (TPSA) is 58.0 Å². The summed E-state index contributed by atoms with van der Waals surface area (Å²) < 4.78 is 14.1. The van der Waals surface area contributed by atoms with Crippen LogP contribution in [0.4, 0.5) is 10.2 Å². The summed E-state index contributed by atoms with van der Waals surface area (Å²) >= 11 is 3.43. The summed E-state index contributed by atoms with van der Waals surface area (Å²) in [6, 6.07) is 3.77. The summed E-state index contributed by atoms with van der Waals surface area (Å²) in [6.45, 7) is 1.97. The first kappa shape index (κ1) is 13.7. The van der Waals surface area contributed by atoms with E-state index in [1.807, 2.05) is 6.92 Å². The quantitative estimate of drug-likeness (QED) is 0.908. The van der Waals surface area contributed by atoms with Crippen molar-refractivity contribution in [3.63, 3.8) is 0 Å². The molecule has 0 spiro atoms. The highest BCUT2D eigenvalue weighted by molar-refractivity contribution is 9.10. The lowest BCUT2D eigenvalue weighted by molar-refractivity contribution is 0.469. The minimum absolute atomic E-state index is 0.148. The summed E-state index contributed by atoms with van der Waals surface area (Å²) in [4.78, 5) is 8.68. The Morgan fingerprint density at radius 2 is 2.05 bits per heavy atom. The van der Waals surface area contributed by atoms with Gasteiger partial charge in [-0.1, -0.05) is 6.92 Å². The maximum Gasteiger partial charge on any atom is 0.162 e. The van der Waals surface area contributed by atoms with Crippen LogP contribution in [0.1, 0.15) is 12.6 Å². The SMILES string of the molecule is CCc1nc(-c2cc(O)cc(F)c2)nc(NC)c1Br. The number of nitrogens with one attached hydrogen (secondary N) is 1. The summed E-state index contributed by atoms with van der Waals surface area (Å²) in [6.07, 6.45) is 0.714. The Morgan fingerprint density at radius 1 is 1.32 bits per heavy atom. The van der Waals surface area contributed by atoms with Gasteiger partial charge in [0.1, 0.15) is 17.4 Å². The van der Waals surface area contributed by atoms with Crippen molar-refractivity contribution in [3.8, 4) is 17.1 Å². The first-order valence-electron chi connectivity index (χ1n) is 5.79. The first-order chi connectivity index (χ1) is 9.05. The number of rotatable bonds is 3. The van der Waals surface area contributed by atoms with Crippen molar-refractivity contribution >= 4 is 21.7 Å². The number of aromatic hydroxyl groups is 1. The third kappa shape index (κ3) is 2.84. The molecular weight excluding hydrogens is 313 g/mol. The largest absolute Gasteiger partial charge is 0.508 e. The number of aromatic nitrogens is 2. The lowest BCUT2D eigenvalue weighted by atomic mass is 10.2. The number of phenolic OH excluding ortho intramolecular Hbond substituents is 1. The number of halogens is 2. The molecule has 0 bridgehead atoms. The lowest BCUT2D eigenvalue weighted by Crippen LogP contribution is -2.02. The van der Waals surface area contributed by atoms with Crippen molar-refractivity contribution in [3.05, 3.63) is 34.2 Å². The van der Waals surface area contributed by atoms with E-state index in [1.165, 1.54) is 12.1 Å². The zero-order chi connectivity index (χ0) is 14.0. The molecule has 2 rings (SSSR count). The van der Waals surface area contributed by atoms with E-state index >= 15 is 0 Å². The molecule has 6 heteroatoms. The van der Waals surface area contributed by atoms with Gasteiger partial charge in [0.2, 0.25) is 0 Å². The van der Waals surface area contributed by atoms with Crippen LogP contribution < -0.4 is 5.32 Å². The summed E-state index contributed by atoms with van der Waals surface area (Å²) in [5.41, 5.74) is 1.26. The molecule has 100 valence electrons. The van der Waals surface area contributed by atoms with Gasteiger partial charge in [0.25, 0.3) is 0 Å². The van der Waals surface area contributed by atoms with Crippen LogP contribution in [0.2, 0.25) is 0 Å². The number of hydrogen-bond acceptors (Lipinski definition) is 4.